The molecule has 1 N–H and O–H groups in total. The van der Waals surface area contributed by atoms with Gasteiger partial charge in [0.2, 0.25) is 0 Å². The van der Waals surface area contributed by atoms with Gasteiger partial charge in [-0.25, -0.2) is 4.98 Å². The van der Waals surface area contributed by atoms with Gasteiger partial charge in [-0.3, -0.25) is 0 Å². The van der Waals surface area contributed by atoms with Crippen LogP contribution >= 0.6 is 11.3 Å². The van der Waals surface area contributed by atoms with Gasteiger partial charge < -0.3 is 9.88 Å². The van der Waals surface area contributed by atoms with Gasteiger partial charge in [0.1, 0.15) is 0 Å². The van der Waals surface area contributed by atoms with Crippen LogP contribution in [0.25, 0.3) is 0 Å². The summed E-state index contributed by atoms with van der Waals surface area (Å²) in [5, 5.41) is 7.79. The minimum Gasteiger partial charge on any atom is -0.336 e. The quantitative estimate of drug-likeness (QED) is 0.839. The van der Waals surface area contributed by atoms with Crippen LogP contribution < -0.4 is 5.32 Å². The molecule has 0 aliphatic heterocycles. The summed E-state index contributed by atoms with van der Waals surface area (Å²) in [4.78, 5) is 4.01. The maximum absolute atomic E-state index is 4.01. The molecule has 0 bridgehead atoms. The van der Waals surface area contributed by atoms with E-state index in [1.165, 1.54) is 5.56 Å². The molecule has 4 heteroatoms. The summed E-state index contributed by atoms with van der Waals surface area (Å²) in [6.45, 7) is 4.12. The number of rotatable bonds is 5. The normalized spacial score (nSPS) is 12.9. The van der Waals surface area contributed by atoms with Crippen molar-refractivity contribution < 1.29 is 0 Å². The van der Waals surface area contributed by atoms with Gasteiger partial charge in [-0.15, -0.1) is 0 Å². The highest BCUT2D eigenvalue weighted by atomic mass is 32.1. The van der Waals surface area contributed by atoms with Gasteiger partial charge in [0.05, 0.1) is 6.33 Å². The zero-order valence-electron chi connectivity index (χ0n) is 8.76. The molecule has 3 nitrogen and oxygen atoms in total. The SMILES string of the molecule is CC(NCCn1ccnc1)c1ccsc1. The van der Waals surface area contributed by atoms with Crippen molar-refractivity contribution >= 4 is 11.3 Å². The van der Waals surface area contributed by atoms with Crippen molar-refractivity contribution in [3.05, 3.63) is 41.1 Å². The van der Waals surface area contributed by atoms with E-state index in [9.17, 15) is 0 Å². The third kappa shape index (κ3) is 2.91. The summed E-state index contributed by atoms with van der Waals surface area (Å²) < 4.78 is 2.08. The Morgan fingerprint density at radius 3 is 3.20 bits per heavy atom. The lowest BCUT2D eigenvalue weighted by Gasteiger charge is -2.12. The van der Waals surface area contributed by atoms with E-state index in [2.05, 4.69) is 38.6 Å². The Hall–Kier alpha value is -1.13. The molecule has 2 rings (SSSR count). The van der Waals surface area contributed by atoms with Gasteiger partial charge in [-0.2, -0.15) is 11.3 Å². The Bertz CT molecular complexity index is 366. The summed E-state index contributed by atoms with van der Waals surface area (Å²) in [6, 6.07) is 2.60. The molecule has 80 valence electrons. The lowest BCUT2D eigenvalue weighted by molar-refractivity contribution is 0.532. The first-order valence-corrected chi connectivity index (χ1v) is 6.02. The van der Waals surface area contributed by atoms with Gasteiger partial charge in [0, 0.05) is 31.5 Å². The van der Waals surface area contributed by atoms with Crippen molar-refractivity contribution in [1.29, 1.82) is 0 Å². The van der Waals surface area contributed by atoms with Gasteiger partial charge in [0.15, 0.2) is 0 Å². The highest BCUT2D eigenvalue weighted by Gasteiger charge is 2.03. The zero-order chi connectivity index (χ0) is 10.5. The second-order valence-electron chi connectivity index (χ2n) is 3.53. The van der Waals surface area contributed by atoms with E-state index >= 15 is 0 Å². The Morgan fingerprint density at radius 2 is 2.53 bits per heavy atom. The molecular weight excluding hydrogens is 206 g/mol. The number of hydrogen-bond acceptors (Lipinski definition) is 3. The van der Waals surface area contributed by atoms with Gasteiger partial charge in [-0.1, -0.05) is 0 Å². The molecule has 0 saturated carbocycles. The Balaban J connectivity index is 1.74. The highest BCUT2D eigenvalue weighted by Crippen LogP contribution is 2.14. The third-order valence-corrected chi connectivity index (χ3v) is 3.12. The molecule has 0 spiro atoms. The summed E-state index contributed by atoms with van der Waals surface area (Å²) in [6.07, 6.45) is 5.64. The first kappa shape index (κ1) is 10.4. The molecule has 15 heavy (non-hydrogen) atoms. The third-order valence-electron chi connectivity index (χ3n) is 2.42. The number of nitrogens with zero attached hydrogens (tertiary/aromatic N) is 2. The smallest absolute Gasteiger partial charge is 0.0946 e. The molecule has 0 aliphatic rings. The standard InChI is InChI=1S/C11H15N3S/c1-10(11-2-7-15-8-11)13-4-6-14-5-3-12-9-14/h2-3,5,7-10,13H,4,6H2,1H3. The van der Waals surface area contributed by atoms with Crippen molar-refractivity contribution in [2.24, 2.45) is 0 Å². The van der Waals surface area contributed by atoms with Crippen molar-refractivity contribution in [3.63, 3.8) is 0 Å². The average molecular weight is 221 g/mol. The fourth-order valence-electron chi connectivity index (χ4n) is 1.47. The van der Waals surface area contributed by atoms with E-state index in [-0.39, 0.29) is 0 Å². The van der Waals surface area contributed by atoms with E-state index < -0.39 is 0 Å². The van der Waals surface area contributed by atoms with Gasteiger partial charge in [-0.05, 0) is 29.3 Å². The molecule has 2 aromatic rings. The van der Waals surface area contributed by atoms with Crippen LogP contribution in [0.3, 0.4) is 0 Å². The number of hydrogen-bond donors (Lipinski definition) is 1. The van der Waals surface area contributed by atoms with E-state index in [1.54, 1.807) is 11.3 Å². The van der Waals surface area contributed by atoms with Crippen molar-refractivity contribution in [2.45, 2.75) is 19.5 Å². The first-order chi connectivity index (χ1) is 7.36. The Morgan fingerprint density at radius 1 is 1.60 bits per heavy atom. The monoisotopic (exact) mass is 221 g/mol. The van der Waals surface area contributed by atoms with Gasteiger partial charge >= 0.3 is 0 Å². The molecule has 0 fully saturated rings. The van der Waals surface area contributed by atoms with Crippen LogP contribution in [-0.2, 0) is 6.54 Å². The van der Waals surface area contributed by atoms with Crippen LogP contribution in [0.4, 0.5) is 0 Å². The summed E-state index contributed by atoms with van der Waals surface area (Å²) in [5.74, 6) is 0. The fraction of sp³-hybridized carbons (Fsp3) is 0.364. The molecular formula is C11H15N3S. The number of thiophene rings is 1. The van der Waals surface area contributed by atoms with Crippen molar-refractivity contribution in [2.75, 3.05) is 6.54 Å². The number of nitrogens with one attached hydrogen (secondary N) is 1. The fourth-order valence-corrected chi connectivity index (χ4v) is 2.22. The summed E-state index contributed by atoms with van der Waals surface area (Å²) in [7, 11) is 0. The van der Waals surface area contributed by atoms with E-state index in [1.807, 2.05) is 18.7 Å². The molecule has 0 radical (unpaired) electrons. The first-order valence-electron chi connectivity index (χ1n) is 5.07. The lowest BCUT2D eigenvalue weighted by atomic mass is 10.2. The van der Waals surface area contributed by atoms with Crippen LogP contribution in [0.15, 0.2) is 35.5 Å². The molecule has 0 aromatic carbocycles. The maximum Gasteiger partial charge on any atom is 0.0946 e. The maximum atomic E-state index is 4.01. The molecule has 1 unspecified atom stereocenters. The number of aromatic nitrogens is 2. The second-order valence-corrected chi connectivity index (χ2v) is 4.31. The van der Waals surface area contributed by atoms with Crippen LogP contribution in [0.1, 0.15) is 18.5 Å². The van der Waals surface area contributed by atoms with E-state index in [0.29, 0.717) is 6.04 Å². The van der Waals surface area contributed by atoms with E-state index in [0.717, 1.165) is 13.1 Å². The van der Waals surface area contributed by atoms with Crippen molar-refractivity contribution in [1.82, 2.24) is 14.9 Å². The Labute approximate surface area is 93.8 Å². The minimum absolute atomic E-state index is 0.430. The average Bonchev–Trinajstić information content (AvgIpc) is 2.90. The molecule has 2 aromatic heterocycles. The molecule has 0 aliphatic carbocycles. The second kappa shape index (κ2) is 5.09. The summed E-state index contributed by atoms with van der Waals surface area (Å²) >= 11 is 1.74. The highest BCUT2D eigenvalue weighted by molar-refractivity contribution is 7.07. The van der Waals surface area contributed by atoms with Crippen LogP contribution in [0.5, 0.6) is 0 Å². The van der Waals surface area contributed by atoms with Crippen LogP contribution in [0.2, 0.25) is 0 Å². The lowest BCUT2D eigenvalue weighted by Crippen LogP contribution is -2.22. The Kier molecular flexibility index (Phi) is 3.53. The van der Waals surface area contributed by atoms with E-state index in [4.69, 9.17) is 0 Å². The van der Waals surface area contributed by atoms with Crippen LogP contribution in [-0.4, -0.2) is 16.1 Å². The summed E-state index contributed by atoms with van der Waals surface area (Å²) in [5.41, 5.74) is 1.37. The largest absolute Gasteiger partial charge is 0.336 e. The minimum atomic E-state index is 0.430. The van der Waals surface area contributed by atoms with Crippen LogP contribution in [0, 0.1) is 0 Å². The topological polar surface area (TPSA) is 29.9 Å². The molecule has 0 amide bonds. The van der Waals surface area contributed by atoms with Crippen molar-refractivity contribution in [3.8, 4) is 0 Å². The molecule has 2 heterocycles. The predicted molar refractivity (Wildman–Crippen MR) is 63.0 cm³/mol. The van der Waals surface area contributed by atoms with Gasteiger partial charge in [0.25, 0.3) is 0 Å². The zero-order valence-corrected chi connectivity index (χ0v) is 9.57. The molecule has 1 atom stereocenters. The molecule has 0 saturated heterocycles. The predicted octanol–water partition coefficient (Wildman–Crippen LogP) is 2.30. The number of imidazole rings is 1.